The lowest BCUT2D eigenvalue weighted by Crippen LogP contribution is -2.52. The highest BCUT2D eigenvalue weighted by atomic mass is 35.5. The molecule has 1 aliphatic heterocycles. The van der Waals surface area contributed by atoms with E-state index in [0.717, 1.165) is 30.6 Å². The summed E-state index contributed by atoms with van der Waals surface area (Å²) in [5.41, 5.74) is 3.36. The van der Waals surface area contributed by atoms with Gasteiger partial charge in [0, 0.05) is 30.8 Å². The summed E-state index contributed by atoms with van der Waals surface area (Å²) in [5, 5.41) is 20.7. The molecule has 0 bridgehead atoms. The Morgan fingerprint density at radius 3 is 1.95 bits per heavy atom. The topological polar surface area (TPSA) is 124 Å². The number of nitrogens with zero attached hydrogens (tertiary/aromatic N) is 1. The third kappa shape index (κ3) is 9.20. The lowest BCUT2D eigenvalue weighted by atomic mass is 9.85. The van der Waals surface area contributed by atoms with Gasteiger partial charge < -0.3 is 43.2 Å². The van der Waals surface area contributed by atoms with Crippen molar-refractivity contribution in [3.05, 3.63) is 41.0 Å². The van der Waals surface area contributed by atoms with Crippen molar-refractivity contribution >= 4 is 36.8 Å². The van der Waals surface area contributed by atoms with Gasteiger partial charge in [0.2, 0.25) is 5.75 Å². The second-order valence-corrected chi connectivity index (χ2v) is 10.8. The van der Waals surface area contributed by atoms with Gasteiger partial charge >= 0.3 is 5.97 Å². The first-order valence-corrected chi connectivity index (χ1v) is 13.9. The molecule has 3 rings (SSSR count). The first kappa shape index (κ1) is 37.9. The van der Waals surface area contributed by atoms with Crippen LogP contribution in [0.25, 0.3) is 0 Å². The largest absolute Gasteiger partial charge is 0.550 e. The van der Waals surface area contributed by atoms with Crippen LogP contribution < -0.4 is 28.8 Å². The maximum atomic E-state index is 11.8. The molecule has 0 amide bonds. The smallest absolute Gasteiger partial charge is 0.303 e. The standard InChI is InChI=1S/C31H43NO9.2ClH/c1-32(13-8-10-21(31(35)36)9-7-11-29(33)34)14-12-22-18-25(37-2)26(38-3)19-23(22)24(32)15-20-16-27(39-4)30(41-6)28(17-20)40-5;;/h16-19,21,24H,7-15H2,1-6H3,(H-,33,34,35,36);2*1H/t21?,24-,32+;;/m1../s1. The summed E-state index contributed by atoms with van der Waals surface area (Å²) in [6.45, 7) is 1.60. The number of quaternary nitrogens is 1. The van der Waals surface area contributed by atoms with E-state index in [1.165, 1.54) is 5.56 Å². The molecule has 0 aliphatic carbocycles. The van der Waals surface area contributed by atoms with Gasteiger partial charge in [0.1, 0.15) is 6.04 Å². The van der Waals surface area contributed by atoms with Crippen molar-refractivity contribution in [1.82, 2.24) is 0 Å². The molecule has 2 aromatic rings. The molecule has 0 saturated heterocycles. The molecule has 0 spiro atoms. The lowest BCUT2D eigenvalue weighted by Gasteiger charge is -2.46. The zero-order chi connectivity index (χ0) is 30.2. The van der Waals surface area contributed by atoms with Gasteiger partial charge in [0.25, 0.3) is 0 Å². The Kier molecular flexibility index (Phi) is 15.2. The monoisotopic (exact) mass is 645 g/mol. The average Bonchev–Trinajstić information content (AvgIpc) is 2.96. The summed E-state index contributed by atoms with van der Waals surface area (Å²) in [6.07, 6.45) is 3.17. The second-order valence-electron chi connectivity index (χ2n) is 10.8. The number of benzene rings is 2. The number of aliphatic carboxylic acids is 2. The molecular weight excluding hydrogens is 601 g/mol. The Labute approximate surface area is 266 Å². The number of carboxylic acid groups (broad SMARTS) is 2. The number of methoxy groups -OCH3 is 5. The second kappa shape index (κ2) is 17.3. The van der Waals surface area contributed by atoms with Crippen LogP contribution >= 0.6 is 24.8 Å². The van der Waals surface area contributed by atoms with Crippen LogP contribution in [0.4, 0.5) is 0 Å². The number of carboxylic acids is 2. The molecule has 0 aromatic heterocycles. The van der Waals surface area contributed by atoms with Gasteiger partial charge in [-0.15, -0.1) is 24.8 Å². The summed E-state index contributed by atoms with van der Waals surface area (Å²) in [4.78, 5) is 22.7. The molecule has 0 saturated carbocycles. The summed E-state index contributed by atoms with van der Waals surface area (Å²) < 4.78 is 28.7. The summed E-state index contributed by atoms with van der Waals surface area (Å²) in [6, 6.07) is 8.07. The Hall–Kier alpha value is -3.08. The maximum absolute atomic E-state index is 11.8. The van der Waals surface area contributed by atoms with E-state index in [1.807, 2.05) is 12.1 Å². The summed E-state index contributed by atoms with van der Waals surface area (Å²) >= 11 is 0. The van der Waals surface area contributed by atoms with Crippen LogP contribution in [0.15, 0.2) is 24.3 Å². The molecule has 1 heterocycles. The molecule has 242 valence electrons. The van der Waals surface area contributed by atoms with Gasteiger partial charge in [-0.25, -0.2) is 0 Å². The molecule has 10 nitrogen and oxygen atoms in total. The Balaban J connectivity index is 0.00000462. The highest BCUT2D eigenvalue weighted by Crippen LogP contribution is 2.45. The van der Waals surface area contributed by atoms with Crippen molar-refractivity contribution < 1.29 is 48.0 Å². The highest BCUT2D eigenvalue weighted by molar-refractivity contribution is 5.85. The fraction of sp³-hybridized carbons (Fsp3) is 0.548. The predicted molar refractivity (Wildman–Crippen MR) is 165 cm³/mol. The molecular formula is C31H45Cl2NO9. The highest BCUT2D eigenvalue weighted by Gasteiger charge is 2.40. The van der Waals surface area contributed by atoms with Crippen molar-refractivity contribution in [2.45, 2.75) is 51.0 Å². The van der Waals surface area contributed by atoms with E-state index in [0.29, 0.717) is 65.3 Å². The number of carbonyl (C=O) groups is 2. The van der Waals surface area contributed by atoms with Gasteiger partial charge in [-0.05, 0) is 67.0 Å². The number of fused-ring (bicyclic) bond motifs is 1. The number of ether oxygens (including phenoxy) is 5. The Bertz CT molecular complexity index is 1200. The van der Waals surface area contributed by atoms with E-state index < -0.39 is 17.9 Å². The van der Waals surface area contributed by atoms with Crippen LogP contribution in [-0.2, 0) is 22.4 Å². The zero-order valence-corrected chi connectivity index (χ0v) is 27.4. The quantitative estimate of drug-likeness (QED) is 0.267. The number of halogens is 2. The van der Waals surface area contributed by atoms with E-state index in [4.69, 9.17) is 28.8 Å². The van der Waals surface area contributed by atoms with Gasteiger partial charge in [-0.2, -0.15) is 0 Å². The summed E-state index contributed by atoms with van der Waals surface area (Å²) in [7, 11) is 10.2. The van der Waals surface area contributed by atoms with Crippen molar-refractivity contribution in [2.75, 3.05) is 55.7 Å². The number of rotatable bonds is 16. The van der Waals surface area contributed by atoms with Crippen molar-refractivity contribution in [2.24, 2.45) is 5.92 Å². The van der Waals surface area contributed by atoms with E-state index in [1.54, 1.807) is 35.5 Å². The fourth-order valence-electron chi connectivity index (χ4n) is 5.98. The number of hydrogen-bond acceptors (Lipinski definition) is 8. The molecule has 1 N–H and O–H groups in total. The van der Waals surface area contributed by atoms with E-state index in [9.17, 15) is 14.7 Å². The minimum absolute atomic E-state index is 0. The van der Waals surface area contributed by atoms with Gasteiger partial charge in [0.05, 0.1) is 55.7 Å². The molecule has 0 fully saturated rings. The third-order valence-corrected chi connectivity index (χ3v) is 8.30. The maximum Gasteiger partial charge on any atom is 0.303 e. The molecule has 0 radical (unpaired) electrons. The minimum Gasteiger partial charge on any atom is -0.550 e. The number of likely N-dealkylation sites (N-methyl/N-ethyl adjacent to an activating group) is 1. The van der Waals surface area contributed by atoms with E-state index >= 15 is 0 Å². The first-order chi connectivity index (χ1) is 19.6. The van der Waals surface area contributed by atoms with Gasteiger partial charge in [-0.3, -0.25) is 4.79 Å². The lowest BCUT2D eigenvalue weighted by molar-refractivity contribution is -0.941. The van der Waals surface area contributed by atoms with Crippen LogP contribution in [0, 0.1) is 5.92 Å². The van der Waals surface area contributed by atoms with Gasteiger partial charge in [0.15, 0.2) is 23.0 Å². The molecule has 3 atom stereocenters. The van der Waals surface area contributed by atoms with Crippen molar-refractivity contribution in [3.8, 4) is 28.7 Å². The Morgan fingerprint density at radius 1 is 0.884 bits per heavy atom. The van der Waals surface area contributed by atoms with Crippen LogP contribution in [0.3, 0.4) is 0 Å². The number of carbonyl (C=O) groups excluding carboxylic acids is 1. The predicted octanol–water partition coefficient (Wildman–Crippen LogP) is 4.26. The minimum atomic E-state index is -1.12. The van der Waals surface area contributed by atoms with Crippen molar-refractivity contribution in [1.29, 1.82) is 0 Å². The normalized spacial score (nSPS) is 17.8. The molecule has 2 aromatic carbocycles. The zero-order valence-electron chi connectivity index (χ0n) is 25.8. The third-order valence-electron chi connectivity index (χ3n) is 8.30. The molecule has 12 heteroatoms. The average molecular weight is 647 g/mol. The number of hydrogen-bond donors (Lipinski definition) is 1. The van der Waals surface area contributed by atoms with Gasteiger partial charge in [-0.1, -0.05) is 0 Å². The van der Waals surface area contributed by atoms with E-state index in [2.05, 4.69) is 19.2 Å². The van der Waals surface area contributed by atoms with Crippen LogP contribution in [0.5, 0.6) is 28.7 Å². The van der Waals surface area contributed by atoms with Crippen LogP contribution in [0.1, 0.15) is 54.8 Å². The van der Waals surface area contributed by atoms with Crippen LogP contribution in [0.2, 0.25) is 0 Å². The van der Waals surface area contributed by atoms with E-state index in [-0.39, 0.29) is 37.3 Å². The molecule has 1 unspecified atom stereocenters. The fourth-order valence-corrected chi connectivity index (χ4v) is 5.98. The molecule has 43 heavy (non-hydrogen) atoms. The van der Waals surface area contributed by atoms with Crippen LogP contribution in [-0.4, -0.2) is 77.2 Å². The van der Waals surface area contributed by atoms with Crippen molar-refractivity contribution in [3.63, 3.8) is 0 Å². The Morgan fingerprint density at radius 2 is 1.44 bits per heavy atom. The molecule has 1 aliphatic rings. The SMILES string of the molecule is COc1cc2c(cc1OC)[C@@H](Cc1cc(OC)c(OC)c(OC)c1)[N@@+](C)(CCCC(CCCC(=O)O)C(=O)[O-])CC2.Cl.Cl. The first-order valence-electron chi connectivity index (χ1n) is 13.9. The summed E-state index contributed by atoms with van der Waals surface area (Å²) in [5.74, 6) is 0.326.